The van der Waals surface area contributed by atoms with Gasteiger partial charge >= 0.3 is 6.18 Å². The molecule has 0 atom stereocenters. The largest absolute Gasteiger partial charge is 0.438 e. The summed E-state index contributed by atoms with van der Waals surface area (Å²) in [6, 6.07) is 12.6. The highest BCUT2D eigenvalue weighted by molar-refractivity contribution is 7.92. The number of likely N-dealkylation sites (tertiary alicyclic amines) is 1. The maximum atomic E-state index is 14.5. The molecular formula is C27H26ClF3N6O3S. The van der Waals surface area contributed by atoms with Gasteiger partial charge in [-0.05, 0) is 62.7 Å². The fraction of sp³-hybridized carbons (Fsp3) is 0.296. The van der Waals surface area contributed by atoms with Crippen molar-refractivity contribution in [3.63, 3.8) is 0 Å². The zero-order valence-corrected chi connectivity index (χ0v) is 23.6. The lowest BCUT2D eigenvalue weighted by atomic mass is 9.90. The third kappa shape index (κ3) is 6.47. The summed E-state index contributed by atoms with van der Waals surface area (Å²) in [5, 5.41) is 3.81. The van der Waals surface area contributed by atoms with E-state index in [9.17, 15) is 21.6 Å². The van der Waals surface area contributed by atoms with Gasteiger partial charge in [-0.2, -0.15) is 23.3 Å². The molecule has 4 aromatic rings. The number of hydrogen-bond donors (Lipinski definition) is 1. The fourth-order valence-corrected chi connectivity index (χ4v) is 5.79. The van der Waals surface area contributed by atoms with E-state index in [4.69, 9.17) is 16.3 Å². The molecule has 1 aliphatic heterocycles. The topological polar surface area (TPSA) is 102 Å². The molecule has 0 radical (unpaired) electrons. The summed E-state index contributed by atoms with van der Waals surface area (Å²) >= 11 is 6.26. The number of alkyl halides is 3. The minimum Gasteiger partial charge on any atom is -0.438 e. The number of piperidine rings is 1. The Kier molecular flexibility index (Phi) is 7.95. The number of aromatic nitrogens is 4. The average Bonchev–Trinajstić information content (AvgIpc) is 3.36. The van der Waals surface area contributed by atoms with Gasteiger partial charge in [0.25, 0.3) is 10.0 Å². The highest BCUT2D eigenvalue weighted by Crippen LogP contribution is 2.44. The predicted octanol–water partition coefficient (Wildman–Crippen LogP) is 5.95. The van der Waals surface area contributed by atoms with Crippen LogP contribution >= 0.6 is 11.6 Å². The highest BCUT2D eigenvalue weighted by Gasteiger charge is 2.41. The summed E-state index contributed by atoms with van der Waals surface area (Å²) in [5.41, 5.74) is -0.951. The molecule has 5 rings (SSSR count). The Labute approximate surface area is 240 Å². The number of halogens is 4. The minimum atomic E-state index is -4.97. The molecule has 1 aliphatic rings. The van der Waals surface area contributed by atoms with Crippen LogP contribution in [0.15, 0.2) is 65.8 Å². The van der Waals surface area contributed by atoms with Crippen molar-refractivity contribution >= 4 is 27.6 Å². The molecule has 2 aromatic heterocycles. The number of benzene rings is 2. The van der Waals surface area contributed by atoms with E-state index in [0.29, 0.717) is 5.92 Å². The van der Waals surface area contributed by atoms with Crippen LogP contribution in [-0.4, -0.2) is 53.2 Å². The fourth-order valence-electron chi connectivity index (χ4n) is 4.64. The van der Waals surface area contributed by atoms with E-state index in [1.807, 2.05) is 12.1 Å². The summed E-state index contributed by atoms with van der Waals surface area (Å²) < 4.78 is 78.6. The van der Waals surface area contributed by atoms with Gasteiger partial charge in [0.15, 0.2) is 0 Å². The molecule has 216 valence electrons. The molecule has 1 N–H and O–H groups in total. The van der Waals surface area contributed by atoms with Crippen LogP contribution in [-0.2, 0) is 23.2 Å². The predicted molar refractivity (Wildman–Crippen MR) is 147 cm³/mol. The van der Waals surface area contributed by atoms with Crippen molar-refractivity contribution in [3.8, 4) is 22.9 Å². The van der Waals surface area contributed by atoms with Gasteiger partial charge in [0.05, 0.1) is 11.9 Å². The van der Waals surface area contributed by atoms with Crippen molar-refractivity contribution in [1.82, 2.24) is 24.6 Å². The Hall–Kier alpha value is -3.68. The normalized spacial score (nSPS) is 15.2. The van der Waals surface area contributed by atoms with E-state index in [0.717, 1.165) is 37.7 Å². The van der Waals surface area contributed by atoms with E-state index < -0.39 is 39.3 Å². The lowest BCUT2D eigenvalue weighted by Crippen LogP contribution is -2.29. The van der Waals surface area contributed by atoms with Crippen LogP contribution in [0.5, 0.6) is 11.6 Å². The molecule has 0 bridgehead atoms. The van der Waals surface area contributed by atoms with Crippen LogP contribution in [0.25, 0.3) is 11.3 Å². The molecule has 0 spiro atoms. The number of nitrogens with zero attached hydrogens (tertiary/aromatic N) is 5. The van der Waals surface area contributed by atoms with E-state index in [2.05, 4.69) is 31.7 Å². The molecule has 3 heterocycles. The van der Waals surface area contributed by atoms with Crippen molar-refractivity contribution in [2.75, 3.05) is 24.9 Å². The van der Waals surface area contributed by atoms with Gasteiger partial charge in [-0.15, -0.1) is 0 Å². The van der Waals surface area contributed by atoms with Crippen LogP contribution in [0.1, 0.15) is 29.9 Å². The Morgan fingerprint density at radius 3 is 2.32 bits per heavy atom. The lowest BCUT2D eigenvalue weighted by molar-refractivity contribution is -0.138. The van der Waals surface area contributed by atoms with Crippen molar-refractivity contribution < 1.29 is 26.3 Å². The molecule has 0 aliphatic carbocycles. The second kappa shape index (κ2) is 11.3. The second-order valence-electron chi connectivity index (χ2n) is 9.76. The van der Waals surface area contributed by atoms with Crippen LogP contribution in [0.3, 0.4) is 0 Å². The number of nitrogens with one attached hydrogen (secondary N) is 1. The smallest absolute Gasteiger partial charge is 0.423 e. The molecule has 1 fully saturated rings. The maximum Gasteiger partial charge on any atom is 0.423 e. The second-order valence-corrected chi connectivity index (χ2v) is 11.8. The highest BCUT2D eigenvalue weighted by atomic mass is 35.5. The molecule has 0 unspecified atom stereocenters. The van der Waals surface area contributed by atoms with Crippen molar-refractivity contribution in [3.05, 3.63) is 77.1 Å². The summed E-state index contributed by atoms with van der Waals surface area (Å²) in [6.45, 7) is 1.92. The zero-order chi connectivity index (χ0) is 29.4. The number of hydrogen-bond acceptors (Lipinski definition) is 7. The van der Waals surface area contributed by atoms with E-state index >= 15 is 0 Å². The number of aryl methyl sites for hydroxylation is 1. The molecule has 0 amide bonds. The number of sulfonamides is 1. The average molecular weight is 607 g/mol. The Balaban J connectivity index is 1.58. The maximum absolute atomic E-state index is 14.5. The number of anilines is 1. The monoisotopic (exact) mass is 606 g/mol. The van der Waals surface area contributed by atoms with Gasteiger partial charge in [-0.25, -0.2) is 18.1 Å². The van der Waals surface area contributed by atoms with Crippen molar-refractivity contribution in [1.29, 1.82) is 0 Å². The summed E-state index contributed by atoms with van der Waals surface area (Å²) in [4.78, 5) is 9.84. The first-order chi connectivity index (χ1) is 19.4. The third-order valence-corrected chi connectivity index (χ3v) is 8.40. The molecule has 2 aromatic carbocycles. The Morgan fingerprint density at radius 1 is 1.02 bits per heavy atom. The van der Waals surface area contributed by atoms with E-state index in [-0.39, 0.29) is 21.2 Å². The molecule has 0 saturated carbocycles. The molecule has 41 heavy (non-hydrogen) atoms. The summed E-state index contributed by atoms with van der Waals surface area (Å²) in [6.07, 6.45) is -0.709. The van der Waals surface area contributed by atoms with Gasteiger partial charge in [0.1, 0.15) is 16.2 Å². The van der Waals surface area contributed by atoms with E-state index in [1.54, 1.807) is 18.2 Å². The molecule has 9 nitrogen and oxygen atoms in total. The number of rotatable bonds is 7. The van der Waals surface area contributed by atoms with Gasteiger partial charge in [-0.1, -0.05) is 41.9 Å². The van der Waals surface area contributed by atoms with Crippen LogP contribution < -0.4 is 9.46 Å². The van der Waals surface area contributed by atoms with Crippen molar-refractivity contribution in [2.45, 2.75) is 29.8 Å². The standard InChI is InChI=1S/C27H26ClF3N6O3S/c1-36-13-11-18(12-14-36)17-7-9-19(10-8-17)40-25-23(27(29,30)31)24(21-5-3-4-6-22(21)28)33-26(34-25)35-41(38,39)20-15-32-37(2)16-20/h3-10,15-16,18H,11-14H2,1-2H3,(H,33,34,35). The molecule has 1 saturated heterocycles. The van der Waals surface area contributed by atoms with Gasteiger partial charge in [0, 0.05) is 23.8 Å². The molecular weight excluding hydrogens is 581 g/mol. The minimum absolute atomic E-state index is 0.0220. The first-order valence-corrected chi connectivity index (χ1v) is 14.5. The SMILES string of the molecule is CN1CCC(c2ccc(Oc3nc(NS(=O)(=O)c4cnn(C)c4)nc(-c4ccccc4Cl)c3C(F)(F)F)cc2)CC1. The van der Waals surface area contributed by atoms with Crippen LogP contribution in [0, 0.1) is 0 Å². The van der Waals surface area contributed by atoms with Crippen LogP contribution in [0.2, 0.25) is 5.02 Å². The van der Waals surface area contributed by atoms with Crippen LogP contribution in [0.4, 0.5) is 19.1 Å². The van der Waals surface area contributed by atoms with Gasteiger partial charge < -0.3 is 9.64 Å². The lowest BCUT2D eigenvalue weighted by Gasteiger charge is -2.29. The first kappa shape index (κ1) is 28.8. The Bertz CT molecular complexity index is 1650. The summed E-state index contributed by atoms with van der Waals surface area (Å²) in [7, 11) is -0.708. The van der Waals surface area contributed by atoms with Gasteiger partial charge in [0.2, 0.25) is 11.8 Å². The van der Waals surface area contributed by atoms with Gasteiger partial charge in [-0.3, -0.25) is 4.68 Å². The third-order valence-electron chi connectivity index (χ3n) is 6.79. The Morgan fingerprint density at radius 2 is 1.71 bits per heavy atom. The summed E-state index contributed by atoms with van der Waals surface area (Å²) in [5.74, 6) is -1.07. The zero-order valence-electron chi connectivity index (χ0n) is 22.1. The van der Waals surface area contributed by atoms with Crippen molar-refractivity contribution in [2.24, 2.45) is 7.05 Å². The quantitative estimate of drug-likeness (QED) is 0.277. The number of ether oxygens (including phenoxy) is 1. The molecule has 14 heteroatoms. The van der Waals surface area contributed by atoms with E-state index in [1.165, 1.54) is 36.1 Å². The first-order valence-electron chi connectivity index (χ1n) is 12.6.